The van der Waals surface area contributed by atoms with E-state index < -0.39 is 28.9 Å². The Kier molecular flexibility index (Phi) is 4.38. The van der Waals surface area contributed by atoms with Gasteiger partial charge >= 0.3 is 11.8 Å². The highest BCUT2D eigenvalue weighted by Crippen LogP contribution is 2.25. The van der Waals surface area contributed by atoms with Gasteiger partial charge in [-0.1, -0.05) is 0 Å². The molecule has 1 atom stereocenters. The summed E-state index contributed by atoms with van der Waals surface area (Å²) in [5.41, 5.74) is -1.44. The number of carbonyl (C=O) groups is 1. The van der Waals surface area contributed by atoms with Crippen LogP contribution in [0.2, 0.25) is 0 Å². The summed E-state index contributed by atoms with van der Waals surface area (Å²) in [6, 6.07) is 2.88. The second-order valence-electron chi connectivity index (χ2n) is 4.09. The van der Waals surface area contributed by atoms with Crippen molar-refractivity contribution in [1.82, 2.24) is 4.98 Å². The average molecular weight is 270 g/mol. The van der Waals surface area contributed by atoms with Gasteiger partial charge in [0.2, 0.25) is 5.75 Å². The fourth-order valence-corrected chi connectivity index (χ4v) is 1.27. The third-order valence-corrected chi connectivity index (χ3v) is 2.29. The molecule has 8 heteroatoms. The van der Waals surface area contributed by atoms with Gasteiger partial charge in [-0.3, -0.25) is 0 Å². The zero-order valence-electron chi connectivity index (χ0n) is 10.7. The molecule has 0 saturated heterocycles. The predicted molar refractivity (Wildman–Crippen MR) is 63.8 cm³/mol. The number of ether oxygens (including phenoxy) is 2. The third kappa shape index (κ3) is 3.62. The van der Waals surface area contributed by atoms with Crippen LogP contribution in [0.5, 0.6) is 5.75 Å². The van der Waals surface area contributed by atoms with E-state index in [1.54, 1.807) is 6.92 Å². The number of rotatable bonds is 5. The van der Waals surface area contributed by atoms with Crippen molar-refractivity contribution in [3.63, 3.8) is 0 Å². The Labute approximate surface area is 109 Å². The first-order chi connectivity index (χ1) is 8.77. The molecule has 1 heterocycles. The molecule has 1 rings (SSSR count). The molecule has 19 heavy (non-hydrogen) atoms. The van der Waals surface area contributed by atoms with Crippen molar-refractivity contribution in [2.45, 2.75) is 19.4 Å². The molecule has 1 aromatic rings. The van der Waals surface area contributed by atoms with Crippen LogP contribution in [0, 0.1) is 17.0 Å². The van der Waals surface area contributed by atoms with Crippen molar-refractivity contribution in [1.29, 1.82) is 0 Å². The van der Waals surface area contributed by atoms with Gasteiger partial charge in [-0.05, 0) is 29.0 Å². The number of aliphatic hydroxyl groups is 1. The Morgan fingerprint density at radius 1 is 1.58 bits per heavy atom. The van der Waals surface area contributed by atoms with Gasteiger partial charge in [-0.2, -0.15) is 0 Å². The molecular formula is C11H14N2O6. The Bertz CT molecular complexity index is 500. The molecule has 8 nitrogen and oxygen atoms in total. The molecule has 1 unspecified atom stereocenters. The zero-order valence-corrected chi connectivity index (χ0v) is 10.7. The Morgan fingerprint density at radius 3 is 2.74 bits per heavy atom. The minimum atomic E-state index is -1.90. The maximum atomic E-state index is 11.2. The van der Waals surface area contributed by atoms with E-state index in [2.05, 4.69) is 9.72 Å². The molecule has 104 valence electrons. The summed E-state index contributed by atoms with van der Waals surface area (Å²) in [7, 11) is 1.12. The fraction of sp³-hybridized carbons (Fsp3) is 0.455. The molecule has 0 amide bonds. The molecule has 0 aliphatic carbocycles. The summed E-state index contributed by atoms with van der Waals surface area (Å²) in [6.45, 7) is 2.30. The highest BCUT2D eigenvalue weighted by molar-refractivity contribution is 5.78. The van der Waals surface area contributed by atoms with Crippen LogP contribution >= 0.6 is 0 Å². The SMILES string of the molecule is COC(=O)C(C)(O)COc1ccc(C)nc1[N+](=O)[O-]. The van der Waals surface area contributed by atoms with E-state index in [1.807, 2.05) is 0 Å². The van der Waals surface area contributed by atoms with E-state index in [1.165, 1.54) is 19.1 Å². The van der Waals surface area contributed by atoms with Crippen LogP contribution in [-0.2, 0) is 9.53 Å². The van der Waals surface area contributed by atoms with Crippen molar-refractivity contribution < 1.29 is 24.3 Å². The Morgan fingerprint density at radius 2 is 2.21 bits per heavy atom. The first-order valence-electron chi connectivity index (χ1n) is 5.33. The minimum Gasteiger partial charge on any atom is -0.482 e. The van der Waals surface area contributed by atoms with Crippen molar-refractivity contribution >= 4 is 11.8 Å². The number of esters is 1. The van der Waals surface area contributed by atoms with E-state index in [4.69, 9.17) is 4.74 Å². The predicted octanol–water partition coefficient (Wildman–Crippen LogP) is 0.601. The van der Waals surface area contributed by atoms with Crippen LogP contribution in [0.1, 0.15) is 12.6 Å². The fourth-order valence-electron chi connectivity index (χ4n) is 1.27. The molecule has 0 spiro atoms. The van der Waals surface area contributed by atoms with Crippen molar-refractivity contribution in [2.75, 3.05) is 13.7 Å². The summed E-state index contributed by atoms with van der Waals surface area (Å²) in [4.78, 5) is 25.0. The van der Waals surface area contributed by atoms with Gasteiger partial charge in [0.25, 0.3) is 0 Å². The molecule has 0 bridgehead atoms. The van der Waals surface area contributed by atoms with Crippen LogP contribution in [0.25, 0.3) is 0 Å². The normalized spacial score (nSPS) is 13.5. The maximum Gasteiger partial charge on any atom is 0.406 e. The third-order valence-electron chi connectivity index (χ3n) is 2.29. The van der Waals surface area contributed by atoms with Crippen LogP contribution < -0.4 is 4.74 Å². The van der Waals surface area contributed by atoms with Crippen LogP contribution in [0.15, 0.2) is 12.1 Å². The van der Waals surface area contributed by atoms with Crippen LogP contribution in [0.3, 0.4) is 0 Å². The lowest BCUT2D eigenvalue weighted by molar-refractivity contribution is -0.390. The number of hydrogen-bond acceptors (Lipinski definition) is 7. The van der Waals surface area contributed by atoms with Gasteiger partial charge in [0.15, 0.2) is 5.60 Å². The summed E-state index contributed by atoms with van der Waals surface area (Å²) < 4.78 is 9.47. The molecule has 0 saturated carbocycles. The first-order valence-corrected chi connectivity index (χ1v) is 5.33. The average Bonchev–Trinajstić information content (AvgIpc) is 2.36. The molecule has 0 aliphatic heterocycles. The summed E-state index contributed by atoms with van der Waals surface area (Å²) in [5.74, 6) is -1.49. The molecule has 1 aromatic heterocycles. The van der Waals surface area contributed by atoms with Gasteiger partial charge in [-0.15, -0.1) is 0 Å². The van der Waals surface area contributed by atoms with Crippen molar-refractivity contribution in [3.05, 3.63) is 27.9 Å². The minimum absolute atomic E-state index is 0.125. The number of methoxy groups -OCH3 is 1. The molecular weight excluding hydrogens is 256 g/mol. The van der Waals surface area contributed by atoms with Gasteiger partial charge in [-0.25, -0.2) is 4.79 Å². The largest absolute Gasteiger partial charge is 0.482 e. The zero-order chi connectivity index (χ0) is 14.6. The monoisotopic (exact) mass is 270 g/mol. The maximum absolute atomic E-state index is 11.2. The lowest BCUT2D eigenvalue weighted by atomic mass is 10.1. The molecule has 0 radical (unpaired) electrons. The number of nitrogens with zero attached hydrogens (tertiary/aromatic N) is 2. The molecule has 0 aromatic carbocycles. The second kappa shape index (κ2) is 5.61. The van der Waals surface area contributed by atoms with Gasteiger partial charge < -0.3 is 24.7 Å². The van der Waals surface area contributed by atoms with Crippen molar-refractivity contribution in [3.8, 4) is 5.75 Å². The smallest absolute Gasteiger partial charge is 0.406 e. The van der Waals surface area contributed by atoms with E-state index in [9.17, 15) is 20.0 Å². The first kappa shape index (κ1) is 14.8. The standard InChI is InChI=1S/C11H14N2O6/c1-7-4-5-8(9(12-7)13(16)17)19-6-11(2,15)10(14)18-3/h4-5,15H,6H2,1-3H3. The van der Waals surface area contributed by atoms with Gasteiger partial charge in [0.1, 0.15) is 12.3 Å². The lowest BCUT2D eigenvalue weighted by Gasteiger charge is -2.20. The van der Waals surface area contributed by atoms with E-state index >= 15 is 0 Å². The summed E-state index contributed by atoms with van der Waals surface area (Å²) in [6.07, 6.45) is 0. The number of pyridine rings is 1. The van der Waals surface area contributed by atoms with Crippen LogP contribution in [0.4, 0.5) is 5.82 Å². The molecule has 0 aliphatic rings. The van der Waals surface area contributed by atoms with Crippen molar-refractivity contribution in [2.24, 2.45) is 0 Å². The van der Waals surface area contributed by atoms with Gasteiger partial charge in [0, 0.05) is 6.92 Å². The number of aryl methyl sites for hydroxylation is 1. The highest BCUT2D eigenvalue weighted by Gasteiger charge is 2.33. The lowest BCUT2D eigenvalue weighted by Crippen LogP contribution is -2.42. The van der Waals surface area contributed by atoms with E-state index in [0.29, 0.717) is 5.69 Å². The number of aromatic nitrogens is 1. The number of carbonyl (C=O) groups excluding carboxylic acids is 1. The summed E-state index contributed by atoms with van der Waals surface area (Å²) >= 11 is 0. The number of nitro groups is 1. The van der Waals surface area contributed by atoms with E-state index in [-0.39, 0.29) is 5.75 Å². The molecule has 1 N–H and O–H groups in total. The van der Waals surface area contributed by atoms with Gasteiger partial charge in [0.05, 0.1) is 7.11 Å². The topological polar surface area (TPSA) is 112 Å². The highest BCUT2D eigenvalue weighted by atomic mass is 16.6. The van der Waals surface area contributed by atoms with Crippen LogP contribution in [-0.4, -0.2) is 40.3 Å². The van der Waals surface area contributed by atoms with E-state index in [0.717, 1.165) is 7.11 Å². The summed E-state index contributed by atoms with van der Waals surface area (Å²) in [5, 5.41) is 20.5. The second-order valence-corrected chi connectivity index (χ2v) is 4.09. The Balaban J connectivity index is 2.89. The Hall–Kier alpha value is -2.22. The molecule has 0 fully saturated rings. The quantitative estimate of drug-likeness (QED) is 0.473. The number of hydrogen-bond donors (Lipinski definition) is 1.